The molecule has 0 aromatic carbocycles. The highest BCUT2D eigenvalue weighted by molar-refractivity contribution is 4.82. The van der Waals surface area contributed by atoms with Crippen molar-refractivity contribution in [3.05, 3.63) is 12.7 Å². The van der Waals surface area contributed by atoms with Crippen molar-refractivity contribution < 1.29 is 4.48 Å². The van der Waals surface area contributed by atoms with Crippen LogP contribution in [-0.4, -0.2) is 48.3 Å². The lowest BCUT2D eigenvalue weighted by molar-refractivity contribution is -0.953. The molecular weight excluding hydrogens is 244 g/mol. The highest BCUT2D eigenvalue weighted by atomic mass is 15.5. The first-order valence-electron chi connectivity index (χ1n) is 8.74. The predicted molar refractivity (Wildman–Crippen MR) is 89.7 cm³/mol. The SMILES string of the molecule is C=CCC(CCC)[N+]1(C)CCN(CC)C1C(C)CCC. The Labute approximate surface area is 127 Å². The predicted octanol–water partition coefficient (Wildman–Crippen LogP) is 4.28. The van der Waals surface area contributed by atoms with E-state index in [1.807, 2.05) is 0 Å². The van der Waals surface area contributed by atoms with Gasteiger partial charge in [0.2, 0.25) is 0 Å². The molecule has 0 spiro atoms. The molecule has 1 aliphatic rings. The van der Waals surface area contributed by atoms with E-state index in [0.717, 1.165) is 18.4 Å². The van der Waals surface area contributed by atoms with Crippen LogP contribution >= 0.6 is 0 Å². The van der Waals surface area contributed by atoms with Crippen LogP contribution < -0.4 is 0 Å². The smallest absolute Gasteiger partial charge is 0.148 e. The van der Waals surface area contributed by atoms with Gasteiger partial charge in [0.05, 0.1) is 26.2 Å². The van der Waals surface area contributed by atoms with Gasteiger partial charge in [0.15, 0.2) is 0 Å². The zero-order chi connectivity index (χ0) is 15.2. The molecule has 0 aliphatic carbocycles. The van der Waals surface area contributed by atoms with Gasteiger partial charge in [-0.3, -0.25) is 0 Å². The summed E-state index contributed by atoms with van der Waals surface area (Å²) in [6.45, 7) is 17.2. The number of hydrogen-bond acceptors (Lipinski definition) is 1. The Bertz CT molecular complexity index is 289. The van der Waals surface area contributed by atoms with E-state index in [9.17, 15) is 0 Å². The maximum atomic E-state index is 4.01. The first-order chi connectivity index (χ1) is 9.54. The molecule has 4 atom stereocenters. The Kier molecular flexibility index (Phi) is 7.25. The van der Waals surface area contributed by atoms with Crippen LogP contribution in [-0.2, 0) is 0 Å². The molecule has 0 aromatic rings. The van der Waals surface area contributed by atoms with Crippen molar-refractivity contribution in [2.75, 3.05) is 26.7 Å². The second-order valence-corrected chi connectivity index (χ2v) is 6.85. The highest BCUT2D eigenvalue weighted by Crippen LogP contribution is 2.35. The lowest BCUT2D eigenvalue weighted by Gasteiger charge is -2.46. The minimum absolute atomic E-state index is 0.705. The van der Waals surface area contributed by atoms with Gasteiger partial charge in [-0.1, -0.05) is 46.6 Å². The summed E-state index contributed by atoms with van der Waals surface area (Å²) >= 11 is 0. The standard InChI is InChI=1S/C18H37N2/c1-7-11-16(5)18-19(10-4)14-15-20(18,6)17(12-8-2)13-9-3/h8,16-18H,2,7,9-15H2,1,3-6H3/q+1. The summed E-state index contributed by atoms with van der Waals surface area (Å²) in [6, 6.07) is 0.748. The van der Waals surface area contributed by atoms with E-state index in [4.69, 9.17) is 0 Å². The topological polar surface area (TPSA) is 3.24 Å². The summed E-state index contributed by atoms with van der Waals surface area (Å²) in [4.78, 5) is 2.73. The van der Waals surface area contributed by atoms with Crippen LogP contribution in [0.2, 0.25) is 0 Å². The third kappa shape index (κ3) is 3.65. The molecule has 0 N–H and O–H groups in total. The second-order valence-electron chi connectivity index (χ2n) is 6.85. The van der Waals surface area contributed by atoms with E-state index in [-0.39, 0.29) is 0 Å². The van der Waals surface area contributed by atoms with Crippen molar-refractivity contribution in [1.29, 1.82) is 0 Å². The lowest BCUT2D eigenvalue weighted by atomic mass is 9.95. The Balaban J connectivity index is 2.99. The summed E-state index contributed by atoms with van der Waals surface area (Å²) < 4.78 is 1.24. The Morgan fingerprint density at radius 2 is 1.90 bits per heavy atom. The van der Waals surface area contributed by atoms with Crippen LogP contribution in [0.4, 0.5) is 0 Å². The first kappa shape index (κ1) is 17.7. The van der Waals surface area contributed by atoms with Crippen LogP contribution in [0, 0.1) is 5.92 Å². The van der Waals surface area contributed by atoms with E-state index >= 15 is 0 Å². The number of hydrogen-bond donors (Lipinski definition) is 0. The first-order valence-corrected chi connectivity index (χ1v) is 8.74. The van der Waals surface area contributed by atoms with Crippen molar-refractivity contribution in [3.8, 4) is 0 Å². The molecule has 4 unspecified atom stereocenters. The Hall–Kier alpha value is -0.340. The largest absolute Gasteiger partial charge is 0.307 e. The van der Waals surface area contributed by atoms with Crippen LogP contribution in [0.25, 0.3) is 0 Å². The van der Waals surface area contributed by atoms with Gasteiger partial charge in [0, 0.05) is 18.9 Å². The van der Waals surface area contributed by atoms with Crippen LogP contribution in [0.1, 0.15) is 59.8 Å². The minimum atomic E-state index is 0.705. The third-order valence-electron chi connectivity index (χ3n) is 5.40. The number of likely N-dealkylation sites (N-methyl/N-ethyl adjacent to an activating group) is 2. The summed E-state index contributed by atoms with van der Waals surface area (Å²) in [5.74, 6) is 0.789. The lowest BCUT2D eigenvalue weighted by Crippen LogP contribution is -2.60. The van der Waals surface area contributed by atoms with Crippen LogP contribution in [0.5, 0.6) is 0 Å². The Morgan fingerprint density at radius 1 is 1.25 bits per heavy atom. The van der Waals surface area contributed by atoms with Gasteiger partial charge in [-0.15, -0.1) is 6.58 Å². The summed E-state index contributed by atoms with van der Waals surface area (Å²) in [5.41, 5.74) is 0. The van der Waals surface area contributed by atoms with Crippen molar-refractivity contribution in [2.45, 2.75) is 72.0 Å². The fourth-order valence-corrected chi connectivity index (χ4v) is 4.45. The molecule has 1 heterocycles. The molecule has 0 amide bonds. The fraction of sp³-hybridized carbons (Fsp3) is 0.889. The zero-order valence-electron chi connectivity index (χ0n) is 14.6. The second kappa shape index (κ2) is 8.19. The average molecular weight is 282 g/mol. The van der Waals surface area contributed by atoms with E-state index in [1.54, 1.807) is 0 Å². The molecule has 118 valence electrons. The number of nitrogens with zero attached hydrogens (tertiary/aromatic N) is 2. The van der Waals surface area contributed by atoms with Crippen molar-refractivity contribution in [3.63, 3.8) is 0 Å². The van der Waals surface area contributed by atoms with Gasteiger partial charge in [0.25, 0.3) is 0 Å². The molecule has 1 aliphatic heterocycles. The molecule has 1 rings (SSSR count). The summed E-state index contributed by atoms with van der Waals surface area (Å²) in [7, 11) is 2.51. The summed E-state index contributed by atoms with van der Waals surface area (Å²) in [5, 5.41) is 0. The molecule has 2 nitrogen and oxygen atoms in total. The monoisotopic (exact) mass is 281 g/mol. The van der Waals surface area contributed by atoms with Crippen molar-refractivity contribution in [1.82, 2.24) is 4.90 Å². The molecule has 0 aromatic heterocycles. The average Bonchev–Trinajstić information content (AvgIpc) is 2.77. The highest BCUT2D eigenvalue weighted by Gasteiger charge is 2.49. The molecule has 20 heavy (non-hydrogen) atoms. The number of rotatable bonds is 9. The van der Waals surface area contributed by atoms with Gasteiger partial charge in [-0.2, -0.15) is 0 Å². The maximum absolute atomic E-state index is 4.01. The molecule has 0 radical (unpaired) electrons. The Morgan fingerprint density at radius 3 is 2.40 bits per heavy atom. The van der Waals surface area contributed by atoms with E-state index in [1.165, 1.54) is 49.8 Å². The molecule has 0 saturated carbocycles. The molecule has 2 heteroatoms. The summed E-state index contributed by atoms with van der Waals surface area (Å²) in [6.07, 6.45) is 9.27. The van der Waals surface area contributed by atoms with Crippen LogP contribution in [0.15, 0.2) is 12.7 Å². The quantitative estimate of drug-likeness (QED) is 0.450. The van der Waals surface area contributed by atoms with Gasteiger partial charge in [-0.25, -0.2) is 4.90 Å². The molecule has 1 fully saturated rings. The zero-order valence-corrected chi connectivity index (χ0v) is 14.6. The number of quaternary nitrogens is 1. The molecular formula is C18H37N2+. The van der Waals surface area contributed by atoms with E-state index < -0.39 is 0 Å². The molecule has 1 saturated heterocycles. The molecule has 0 bridgehead atoms. The van der Waals surface area contributed by atoms with Gasteiger partial charge in [-0.05, 0) is 12.8 Å². The minimum Gasteiger partial charge on any atom is -0.307 e. The van der Waals surface area contributed by atoms with Crippen molar-refractivity contribution >= 4 is 0 Å². The van der Waals surface area contributed by atoms with E-state index in [0.29, 0.717) is 6.17 Å². The van der Waals surface area contributed by atoms with Gasteiger partial charge in [0.1, 0.15) is 6.17 Å². The van der Waals surface area contributed by atoms with Gasteiger partial charge < -0.3 is 4.48 Å². The fourth-order valence-electron chi connectivity index (χ4n) is 4.45. The van der Waals surface area contributed by atoms with E-state index in [2.05, 4.69) is 52.3 Å². The van der Waals surface area contributed by atoms with Crippen LogP contribution in [0.3, 0.4) is 0 Å². The third-order valence-corrected chi connectivity index (χ3v) is 5.40. The van der Waals surface area contributed by atoms with Gasteiger partial charge >= 0.3 is 0 Å². The van der Waals surface area contributed by atoms with Crippen molar-refractivity contribution in [2.24, 2.45) is 5.92 Å². The maximum Gasteiger partial charge on any atom is 0.148 e. The normalized spacial score (nSPS) is 30.4.